The van der Waals surface area contributed by atoms with Gasteiger partial charge in [-0.1, -0.05) is 0 Å². The van der Waals surface area contributed by atoms with Crippen molar-refractivity contribution in [2.45, 2.75) is 45.6 Å². The molecule has 4 rings (SSSR count). The molecule has 0 aromatic carbocycles. The molecule has 0 saturated carbocycles. The van der Waals surface area contributed by atoms with Crippen LogP contribution in [0.15, 0.2) is 21.5 Å². The van der Waals surface area contributed by atoms with Crippen LogP contribution < -0.4 is 5.56 Å². The average molecular weight is 342 g/mol. The van der Waals surface area contributed by atoms with E-state index in [0.29, 0.717) is 37.1 Å². The van der Waals surface area contributed by atoms with Gasteiger partial charge in [0, 0.05) is 32.6 Å². The highest BCUT2D eigenvalue weighted by atomic mass is 16.3. The number of nitrogens with zero attached hydrogens (tertiary/aromatic N) is 4. The maximum atomic E-state index is 12.4. The van der Waals surface area contributed by atoms with Gasteiger partial charge < -0.3 is 9.32 Å². The molecule has 0 N–H and O–H groups in total. The molecule has 1 saturated heterocycles. The largest absolute Gasteiger partial charge is 0.448 e. The molecule has 0 atom stereocenters. The van der Waals surface area contributed by atoms with Gasteiger partial charge in [0.05, 0.1) is 5.69 Å². The number of amides is 1. The molecule has 0 radical (unpaired) electrons. The first-order chi connectivity index (χ1) is 12.1. The molecule has 0 spiro atoms. The Morgan fingerprint density at radius 3 is 2.84 bits per heavy atom. The van der Waals surface area contributed by atoms with Gasteiger partial charge in [-0.3, -0.25) is 9.59 Å². The number of aryl methyl sites for hydroxylation is 3. The van der Waals surface area contributed by atoms with E-state index in [4.69, 9.17) is 4.42 Å². The van der Waals surface area contributed by atoms with Crippen molar-refractivity contribution < 1.29 is 9.21 Å². The van der Waals surface area contributed by atoms with Crippen LogP contribution >= 0.6 is 0 Å². The van der Waals surface area contributed by atoms with Gasteiger partial charge in [-0.2, -0.15) is 5.10 Å². The number of aromatic nitrogens is 3. The first kappa shape index (κ1) is 16.1. The van der Waals surface area contributed by atoms with Gasteiger partial charge in [-0.05, 0) is 43.6 Å². The van der Waals surface area contributed by atoms with E-state index in [-0.39, 0.29) is 11.5 Å². The third-order valence-corrected chi connectivity index (χ3v) is 5.19. The summed E-state index contributed by atoms with van der Waals surface area (Å²) in [6.07, 6.45) is 6.19. The number of piperidine rings is 1. The van der Waals surface area contributed by atoms with E-state index < -0.39 is 0 Å². The number of hydrogen-bond donors (Lipinski definition) is 0. The van der Waals surface area contributed by atoms with E-state index in [1.165, 1.54) is 6.26 Å². The zero-order chi connectivity index (χ0) is 17.4. The molecule has 1 aliphatic carbocycles. The first-order valence-electron chi connectivity index (χ1n) is 8.91. The minimum Gasteiger partial charge on any atom is -0.448 e. The second-order valence-electron chi connectivity index (χ2n) is 6.98. The van der Waals surface area contributed by atoms with Crippen LogP contribution in [0.1, 0.15) is 46.9 Å². The van der Waals surface area contributed by atoms with E-state index in [2.05, 4.69) is 10.1 Å². The Bertz CT molecular complexity index is 846. The average Bonchev–Trinajstić information content (AvgIpc) is 3.24. The van der Waals surface area contributed by atoms with E-state index in [9.17, 15) is 9.59 Å². The third-order valence-electron chi connectivity index (χ3n) is 5.19. The van der Waals surface area contributed by atoms with Crippen molar-refractivity contribution >= 4 is 5.91 Å². The molecule has 3 heterocycles. The van der Waals surface area contributed by atoms with Gasteiger partial charge in [0.25, 0.3) is 11.5 Å². The lowest BCUT2D eigenvalue weighted by Gasteiger charge is -2.31. The van der Waals surface area contributed by atoms with Gasteiger partial charge in [-0.15, -0.1) is 0 Å². The molecule has 2 aromatic heterocycles. The molecule has 25 heavy (non-hydrogen) atoms. The molecule has 1 amide bonds. The van der Waals surface area contributed by atoms with Gasteiger partial charge in [0.2, 0.25) is 0 Å². The van der Waals surface area contributed by atoms with Crippen LogP contribution in [-0.2, 0) is 19.4 Å². The molecule has 1 fully saturated rings. The lowest BCUT2D eigenvalue weighted by molar-refractivity contribution is 0.0674. The van der Waals surface area contributed by atoms with Crippen LogP contribution in [-0.4, -0.2) is 38.7 Å². The van der Waals surface area contributed by atoms with Gasteiger partial charge >= 0.3 is 0 Å². The minimum absolute atomic E-state index is 0.00257. The van der Waals surface area contributed by atoms with Crippen molar-refractivity contribution in [3.05, 3.63) is 45.5 Å². The Labute approximate surface area is 145 Å². The number of fused-ring (bicyclic) bond motifs is 1. The fourth-order valence-corrected chi connectivity index (χ4v) is 3.76. The number of oxazole rings is 1. The Kier molecular flexibility index (Phi) is 4.15. The highest BCUT2D eigenvalue weighted by Crippen LogP contribution is 2.21. The Morgan fingerprint density at radius 1 is 1.32 bits per heavy atom. The predicted octanol–water partition coefficient (Wildman–Crippen LogP) is 1.58. The Morgan fingerprint density at radius 2 is 2.12 bits per heavy atom. The van der Waals surface area contributed by atoms with Crippen molar-refractivity contribution in [3.63, 3.8) is 0 Å². The highest BCUT2D eigenvalue weighted by Gasteiger charge is 2.26. The summed E-state index contributed by atoms with van der Waals surface area (Å²) in [5.41, 5.74) is 2.56. The van der Waals surface area contributed by atoms with E-state index in [0.717, 1.165) is 43.4 Å². The molecule has 2 aliphatic rings. The SMILES string of the molecule is Cc1nc(C(=O)N2CCC(Cn3nc4c(cc3=O)CCC4)CC2)co1. The number of hydrogen-bond acceptors (Lipinski definition) is 5. The maximum absolute atomic E-state index is 12.4. The van der Waals surface area contributed by atoms with E-state index >= 15 is 0 Å². The maximum Gasteiger partial charge on any atom is 0.275 e. The number of carbonyl (C=O) groups excluding carboxylic acids is 1. The highest BCUT2D eigenvalue weighted by molar-refractivity contribution is 5.92. The van der Waals surface area contributed by atoms with Crippen molar-refractivity contribution in [3.8, 4) is 0 Å². The number of carbonyl (C=O) groups is 1. The smallest absolute Gasteiger partial charge is 0.275 e. The zero-order valence-electron chi connectivity index (χ0n) is 14.4. The lowest BCUT2D eigenvalue weighted by Crippen LogP contribution is -2.40. The van der Waals surface area contributed by atoms with Gasteiger partial charge in [-0.25, -0.2) is 9.67 Å². The Hall–Kier alpha value is -2.44. The number of rotatable bonds is 3. The fourth-order valence-electron chi connectivity index (χ4n) is 3.76. The van der Waals surface area contributed by atoms with Crippen LogP contribution in [0.2, 0.25) is 0 Å². The van der Waals surface area contributed by atoms with Crippen molar-refractivity contribution in [2.24, 2.45) is 5.92 Å². The molecular formula is C18H22N4O3. The second-order valence-corrected chi connectivity index (χ2v) is 6.98. The van der Waals surface area contributed by atoms with Crippen molar-refractivity contribution in [1.29, 1.82) is 0 Å². The van der Waals surface area contributed by atoms with E-state index in [1.807, 2.05) is 4.90 Å². The fraction of sp³-hybridized carbons (Fsp3) is 0.556. The summed E-state index contributed by atoms with van der Waals surface area (Å²) in [4.78, 5) is 30.5. The molecular weight excluding hydrogens is 320 g/mol. The normalized spacial score (nSPS) is 17.7. The first-order valence-corrected chi connectivity index (χ1v) is 8.91. The quantitative estimate of drug-likeness (QED) is 0.846. The molecule has 132 valence electrons. The molecule has 2 aromatic rings. The standard InChI is InChI=1S/C18H22N4O3/c1-12-19-16(11-25-12)18(24)21-7-5-13(6-8-21)10-22-17(23)9-14-3-2-4-15(14)20-22/h9,11,13H,2-8,10H2,1H3. The molecule has 0 bridgehead atoms. The Balaban J connectivity index is 1.38. The summed E-state index contributed by atoms with van der Waals surface area (Å²) in [5.74, 6) is 0.788. The molecule has 7 heteroatoms. The monoisotopic (exact) mass is 342 g/mol. The molecule has 1 aliphatic heterocycles. The summed E-state index contributed by atoms with van der Waals surface area (Å²) < 4.78 is 6.74. The summed E-state index contributed by atoms with van der Waals surface area (Å²) in [6.45, 7) is 3.71. The lowest BCUT2D eigenvalue weighted by atomic mass is 9.96. The molecule has 0 unspecified atom stereocenters. The third kappa shape index (κ3) is 3.23. The second kappa shape index (κ2) is 6.46. The molecule has 7 nitrogen and oxygen atoms in total. The zero-order valence-corrected chi connectivity index (χ0v) is 14.4. The van der Waals surface area contributed by atoms with Crippen LogP contribution in [0.3, 0.4) is 0 Å². The van der Waals surface area contributed by atoms with Gasteiger partial charge in [0.1, 0.15) is 6.26 Å². The van der Waals surface area contributed by atoms with Gasteiger partial charge in [0.15, 0.2) is 11.6 Å². The number of likely N-dealkylation sites (tertiary alicyclic amines) is 1. The predicted molar refractivity (Wildman–Crippen MR) is 90.4 cm³/mol. The van der Waals surface area contributed by atoms with Crippen LogP contribution in [0.25, 0.3) is 0 Å². The minimum atomic E-state index is -0.0804. The summed E-state index contributed by atoms with van der Waals surface area (Å²) >= 11 is 0. The van der Waals surface area contributed by atoms with Crippen molar-refractivity contribution in [1.82, 2.24) is 19.7 Å². The van der Waals surface area contributed by atoms with Crippen LogP contribution in [0, 0.1) is 12.8 Å². The van der Waals surface area contributed by atoms with Crippen LogP contribution in [0.4, 0.5) is 0 Å². The van der Waals surface area contributed by atoms with Crippen LogP contribution in [0.5, 0.6) is 0 Å². The van der Waals surface area contributed by atoms with Crippen molar-refractivity contribution in [2.75, 3.05) is 13.1 Å². The topological polar surface area (TPSA) is 81.2 Å². The van der Waals surface area contributed by atoms with E-state index in [1.54, 1.807) is 17.7 Å². The summed E-state index contributed by atoms with van der Waals surface area (Å²) in [6, 6.07) is 1.75. The summed E-state index contributed by atoms with van der Waals surface area (Å²) in [5, 5.41) is 4.55. The summed E-state index contributed by atoms with van der Waals surface area (Å²) in [7, 11) is 0.